The zero-order valence-corrected chi connectivity index (χ0v) is 8.64. The van der Waals surface area contributed by atoms with Crippen molar-refractivity contribution in [3.05, 3.63) is 36.1 Å². The minimum atomic E-state index is 0.891. The summed E-state index contributed by atoms with van der Waals surface area (Å²) < 4.78 is 0. The Morgan fingerprint density at radius 2 is 2.46 bits per heavy atom. The van der Waals surface area contributed by atoms with E-state index in [0.29, 0.717) is 0 Å². The first-order valence-electron chi connectivity index (χ1n) is 3.90. The number of nitrogens with zero attached hydrogens (tertiary/aromatic N) is 2. The van der Waals surface area contributed by atoms with Crippen LogP contribution in [0.5, 0.6) is 0 Å². The van der Waals surface area contributed by atoms with Crippen LogP contribution in [0.4, 0.5) is 5.13 Å². The van der Waals surface area contributed by atoms with Crippen LogP contribution in [-0.2, 0) is 0 Å². The van der Waals surface area contributed by atoms with Crippen molar-refractivity contribution in [2.45, 2.75) is 0 Å². The minimum Gasteiger partial charge on any atom is -0.364 e. The van der Waals surface area contributed by atoms with E-state index in [0.717, 1.165) is 11.0 Å². The standard InChI is InChI=1S/C9H13N3S/c1-4-5-8(12(2)3)11-9-10-6-7-13-9/h4-7H,1H2,2-3H3,(H,10,11)/b8-5-. The molecule has 0 aliphatic rings. The molecule has 0 aromatic carbocycles. The van der Waals surface area contributed by atoms with Gasteiger partial charge in [0.05, 0.1) is 0 Å². The highest BCUT2D eigenvalue weighted by atomic mass is 32.1. The molecular weight excluding hydrogens is 182 g/mol. The summed E-state index contributed by atoms with van der Waals surface area (Å²) in [7, 11) is 3.94. The second kappa shape index (κ2) is 4.67. The summed E-state index contributed by atoms with van der Waals surface area (Å²) >= 11 is 1.57. The zero-order chi connectivity index (χ0) is 9.68. The van der Waals surface area contributed by atoms with Crippen LogP contribution >= 0.6 is 11.3 Å². The molecule has 0 fully saturated rings. The lowest BCUT2D eigenvalue weighted by Crippen LogP contribution is -2.17. The van der Waals surface area contributed by atoms with E-state index in [9.17, 15) is 0 Å². The third-order valence-electron chi connectivity index (χ3n) is 1.42. The Balaban J connectivity index is 2.69. The van der Waals surface area contributed by atoms with Gasteiger partial charge < -0.3 is 10.2 Å². The number of thiazole rings is 1. The molecule has 0 saturated carbocycles. The van der Waals surface area contributed by atoms with E-state index in [1.807, 2.05) is 30.5 Å². The molecule has 1 N–H and O–H groups in total. The van der Waals surface area contributed by atoms with Crippen molar-refractivity contribution in [2.75, 3.05) is 19.4 Å². The highest BCUT2D eigenvalue weighted by Crippen LogP contribution is 2.13. The Labute approximate surface area is 82.4 Å². The molecule has 0 radical (unpaired) electrons. The highest BCUT2D eigenvalue weighted by Gasteiger charge is 2.00. The first-order valence-corrected chi connectivity index (χ1v) is 4.78. The van der Waals surface area contributed by atoms with E-state index in [1.54, 1.807) is 23.6 Å². The van der Waals surface area contributed by atoms with Gasteiger partial charge in [0.25, 0.3) is 0 Å². The second-order valence-electron chi connectivity index (χ2n) is 2.64. The molecule has 0 aliphatic carbocycles. The first kappa shape index (κ1) is 9.80. The van der Waals surface area contributed by atoms with Gasteiger partial charge in [-0.05, 0) is 6.08 Å². The molecule has 4 heteroatoms. The van der Waals surface area contributed by atoms with E-state index in [-0.39, 0.29) is 0 Å². The quantitative estimate of drug-likeness (QED) is 0.746. The van der Waals surface area contributed by atoms with Crippen LogP contribution in [0.25, 0.3) is 0 Å². The van der Waals surface area contributed by atoms with Crippen molar-refractivity contribution in [1.82, 2.24) is 9.88 Å². The average Bonchev–Trinajstić information content (AvgIpc) is 2.56. The van der Waals surface area contributed by atoms with Gasteiger partial charge in [-0.2, -0.15) is 0 Å². The Bertz CT molecular complexity index is 288. The summed E-state index contributed by atoms with van der Waals surface area (Å²) in [6, 6.07) is 0. The number of aromatic nitrogens is 1. The van der Waals surface area contributed by atoms with Crippen LogP contribution < -0.4 is 5.32 Å². The van der Waals surface area contributed by atoms with Gasteiger partial charge in [0.2, 0.25) is 0 Å². The van der Waals surface area contributed by atoms with Crippen LogP contribution in [0, 0.1) is 0 Å². The topological polar surface area (TPSA) is 28.2 Å². The first-order chi connectivity index (χ1) is 6.24. The van der Waals surface area contributed by atoms with Crippen LogP contribution in [0.15, 0.2) is 36.1 Å². The summed E-state index contributed by atoms with van der Waals surface area (Å²) in [6.07, 6.45) is 5.42. The predicted octanol–water partition coefficient (Wildman–Crippen LogP) is 2.14. The predicted molar refractivity (Wildman–Crippen MR) is 57.7 cm³/mol. The lowest BCUT2D eigenvalue weighted by Gasteiger charge is -2.16. The Morgan fingerprint density at radius 1 is 1.69 bits per heavy atom. The van der Waals surface area contributed by atoms with Gasteiger partial charge in [0, 0.05) is 25.7 Å². The zero-order valence-electron chi connectivity index (χ0n) is 7.82. The van der Waals surface area contributed by atoms with Crippen molar-refractivity contribution < 1.29 is 0 Å². The third kappa shape index (κ3) is 2.91. The molecule has 1 aromatic rings. The Hall–Kier alpha value is -1.29. The molecule has 0 amide bonds. The van der Waals surface area contributed by atoms with Crippen molar-refractivity contribution in [3.8, 4) is 0 Å². The molecule has 3 nitrogen and oxygen atoms in total. The fraction of sp³-hybridized carbons (Fsp3) is 0.222. The van der Waals surface area contributed by atoms with Gasteiger partial charge in [-0.3, -0.25) is 0 Å². The summed E-state index contributed by atoms with van der Waals surface area (Å²) in [6.45, 7) is 3.65. The smallest absolute Gasteiger partial charge is 0.188 e. The molecule has 0 bridgehead atoms. The van der Waals surface area contributed by atoms with E-state index < -0.39 is 0 Å². The molecule has 1 aromatic heterocycles. The van der Waals surface area contributed by atoms with E-state index >= 15 is 0 Å². The molecule has 0 aliphatic heterocycles. The molecule has 0 atom stereocenters. The maximum Gasteiger partial charge on any atom is 0.188 e. The van der Waals surface area contributed by atoms with Gasteiger partial charge >= 0.3 is 0 Å². The highest BCUT2D eigenvalue weighted by molar-refractivity contribution is 7.13. The van der Waals surface area contributed by atoms with Crippen LogP contribution in [-0.4, -0.2) is 24.0 Å². The van der Waals surface area contributed by atoms with Gasteiger partial charge in [-0.25, -0.2) is 4.98 Å². The normalized spacial score (nSPS) is 11.1. The van der Waals surface area contributed by atoms with Crippen molar-refractivity contribution in [2.24, 2.45) is 0 Å². The maximum atomic E-state index is 4.13. The second-order valence-corrected chi connectivity index (χ2v) is 3.54. The molecule has 0 spiro atoms. The number of hydrogen-bond donors (Lipinski definition) is 1. The van der Waals surface area contributed by atoms with Crippen LogP contribution in [0.2, 0.25) is 0 Å². The Morgan fingerprint density at radius 3 is 2.92 bits per heavy atom. The number of hydrogen-bond acceptors (Lipinski definition) is 4. The number of anilines is 1. The number of nitrogens with one attached hydrogen (secondary N) is 1. The lowest BCUT2D eigenvalue weighted by molar-refractivity contribution is 0.518. The molecule has 13 heavy (non-hydrogen) atoms. The largest absolute Gasteiger partial charge is 0.364 e. The third-order valence-corrected chi connectivity index (χ3v) is 2.11. The monoisotopic (exact) mass is 195 g/mol. The molecule has 1 heterocycles. The van der Waals surface area contributed by atoms with Gasteiger partial charge in [0.15, 0.2) is 5.13 Å². The fourth-order valence-corrected chi connectivity index (χ4v) is 1.34. The fourth-order valence-electron chi connectivity index (χ4n) is 0.809. The summed E-state index contributed by atoms with van der Waals surface area (Å²) in [5.74, 6) is 0.977. The van der Waals surface area contributed by atoms with Gasteiger partial charge in [0.1, 0.15) is 5.82 Å². The summed E-state index contributed by atoms with van der Waals surface area (Å²) in [5.41, 5.74) is 0. The summed E-state index contributed by atoms with van der Waals surface area (Å²) in [4.78, 5) is 6.10. The number of allylic oxidation sites excluding steroid dienone is 2. The van der Waals surface area contributed by atoms with Crippen molar-refractivity contribution in [1.29, 1.82) is 0 Å². The van der Waals surface area contributed by atoms with E-state index in [4.69, 9.17) is 0 Å². The van der Waals surface area contributed by atoms with Gasteiger partial charge in [-0.15, -0.1) is 11.3 Å². The van der Waals surface area contributed by atoms with Crippen molar-refractivity contribution in [3.63, 3.8) is 0 Å². The van der Waals surface area contributed by atoms with Gasteiger partial charge in [-0.1, -0.05) is 12.7 Å². The van der Waals surface area contributed by atoms with Crippen LogP contribution in [0.3, 0.4) is 0 Å². The maximum absolute atomic E-state index is 4.13. The SMILES string of the molecule is C=C/C=C(/Nc1nccs1)N(C)C. The van der Waals surface area contributed by atoms with Crippen LogP contribution in [0.1, 0.15) is 0 Å². The lowest BCUT2D eigenvalue weighted by atomic mass is 10.5. The molecule has 0 unspecified atom stereocenters. The summed E-state index contributed by atoms with van der Waals surface area (Å²) in [5, 5.41) is 6.01. The molecule has 1 rings (SSSR count). The van der Waals surface area contributed by atoms with E-state index in [1.165, 1.54) is 0 Å². The van der Waals surface area contributed by atoms with E-state index in [2.05, 4.69) is 16.9 Å². The number of rotatable bonds is 4. The molecule has 0 saturated heterocycles. The minimum absolute atomic E-state index is 0.891. The van der Waals surface area contributed by atoms with Crippen molar-refractivity contribution >= 4 is 16.5 Å². The average molecular weight is 195 g/mol. The molecular formula is C9H13N3S. The Kier molecular flexibility index (Phi) is 3.52. The molecule has 70 valence electrons.